The molecule has 2 aromatic rings. The number of hydrogen-bond donors (Lipinski definition) is 0. The van der Waals surface area contributed by atoms with Crippen LogP contribution in [0.2, 0.25) is 0 Å². The predicted octanol–water partition coefficient (Wildman–Crippen LogP) is 4.27. The maximum atomic E-state index is 13.7. The van der Waals surface area contributed by atoms with E-state index >= 15 is 0 Å². The summed E-state index contributed by atoms with van der Waals surface area (Å²) in [5.74, 6) is 0.957. The highest BCUT2D eigenvalue weighted by Gasteiger charge is 2.44. The molecule has 0 N–H and O–H groups in total. The molecule has 2 aliphatic rings. The minimum absolute atomic E-state index is 0.253. The monoisotopic (exact) mass is 404 g/mol. The third-order valence-corrected chi connectivity index (χ3v) is 5.98. The third kappa shape index (κ3) is 3.38. The van der Waals surface area contributed by atoms with Gasteiger partial charge in [-0.25, -0.2) is 4.90 Å². The van der Waals surface area contributed by atoms with Crippen molar-refractivity contribution in [1.82, 2.24) is 4.90 Å². The van der Waals surface area contributed by atoms with Crippen molar-refractivity contribution in [2.45, 2.75) is 27.2 Å². The van der Waals surface area contributed by atoms with E-state index in [1.165, 1.54) is 4.90 Å². The molecule has 2 aromatic carbocycles. The average Bonchev–Trinajstić information content (AvgIpc) is 2.98. The summed E-state index contributed by atoms with van der Waals surface area (Å²) in [6, 6.07) is 14.9. The van der Waals surface area contributed by atoms with Gasteiger partial charge in [0.1, 0.15) is 11.4 Å². The van der Waals surface area contributed by atoms with E-state index < -0.39 is 0 Å². The first-order valence-corrected chi connectivity index (χ1v) is 10.5. The summed E-state index contributed by atoms with van der Waals surface area (Å²) in [6.45, 7) is 7.85. The van der Waals surface area contributed by atoms with Gasteiger partial charge in [-0.15, -0.1) is 0 Å². The quantitative estimate of drug-likeness (QED) is 0.715. The van der Waals surface area contributed by atoms with E-state index in [9.17, 15) is 9.59 Å². The molecular weight excluding hydrogens is 376 g/mol. The second-order valence-electron chi connectivity index (χ2n) is 8.51. The van der Waals surface area contributed by atoms with E-state index in [4.69, 9.17) is 4.74 Å². The van der Waals surface area contributed by atoms with Crippen LogP contribution < -0.4 is 9.64 Å². The molecule has 2 unspecified atom stereocenters. The van der Waals surface area contributed by atoms with E-state index in [0.717, 1.165) is 25.1 Å². The number of rotatable bonds is 4. The molecule has 5 heteroatoms. The van der Waals surface area contributed by atoms with Gasteiger partial charge in [0.05, 0.1) is 18.4 Å². The first-order chi connectivity index (χ1) is 14.4. The maximum absolute atomic E-state index is 13.7. The molecule has 2 atom stereocenters. The van der Waals surface area contributed by atoms with Gasteiger partial charge in [0.25, 0.3) is 11.8 Å². The van der Waals surface area contributed by atoms with Crippen LogP contribution in [0.25, 0.3) is 5.57 Å². The molecule has 0 spiro atoms. The van der Waals surface area contributed by atoms with E-state index in [1.807, 2.05) is 55.5 Å². The number of nitrogens with zero attached hydrogens (tertiary/aromatic N) is 2. The molecule has 0 bridgehead atoms. The third-order valence-electron chi connectivity index (χ3n) is 5.98. The highest BCUT2D eigenvalue weighted by Crippen LogP contribution is 2.40. The largest absolute Gasteiger partial charge is 0.496 e. The Hall–Kier alpha value is -3.08. The number of imide groups is 1. The van der Waals surface area contributed by atoms with E-state index in [1.54, 1.807) is 7.11 Å². The molecule has 2 heterocycles. The summed E-state index contributed by atoms with van der Waals surface area (Å²) in [5, 5.41) is 0. The first-order valence-electron chi connectivity index (χ1n) is 10.5. The van der Waals surface area contributed by atoms with Gasteiger partial charge in [-0.05, 0) is 42.9 Å². The van der Waals surface area contributed by atoms with Crippen molar-refractivity contribution >= 4 is 23.1 Å². The van der Waals surface area contributed by atoms with Gasteiger partial charge < -0.3 is 9.64 Å². The molecule has 1 fully saturated rings. The molecule has 0 saturated carbocycles. The van der Waals surface area contributed by atoms with Crippen molar-refractivity contribution in [2.75, 3.05) is 25.1 Å². The lowest BCUT2D eigenvalue weighted by atomic mass is 9.91. The van der Waals surface area contributed by atoms with Crippen LogP contribution in [0, 0.1) is 18.8 Å². The number of methoxy groups -OCH3 is 1. The highest BCUT2D eigenvalue weighted by atomic mass is 16.5. The first kappa shape index (κ1) is 20.2. The summed E-state index contributed by atoms with van der Waals surface area (Å²) in [4.78, 5) is 30.9. The number of aryl methyl sites for hydroxylation is 1. The normalized spacial score (nSPS) is 22.1. The molecule has 0 radical (unpaired) electrons. The zero-order valence-corrected chi connectivity index (χ0v) is 18.0. The molecule has 2 amide bonds. The predicted molar refractivity (Wildman–Crippen MR) is 118 cm³/mol. The highest BCUT2D eigenvalue weighted by molar-refractivity contribution is 6.45. The molecule has 5 nitrogen and oxygen atoms in total. The summed E-state index contributed by atoms with van der Waals surface area (Å²) in [5.41, 5.74) is 3.11. The molecule has 30 heavy (non-hydrogen) atoms. The second-order valence-corrected chi connectivity index (χ2v) is 8.51. The summed E-state index contributed by atoms with van der Waals surface area (Å²) >= 11 is 0. The number of carbonyl (C=O) groups excluding carboxylic acids is 2. The number of carbonyl (C=O) groups is 2. The number of para-hydroxylation sites is 2. The molecule has 2 aliphatic heterocycles. The van der Waals surface area contributed by atoms with Gasteiger partial charge in [-0.2, -0.15) is 0 Å². The van der Waals surface area contributed by atoms with Gasteiger partial charge in [0.15, 0.2) is 0 Å². The van der Waals surface area contributed by atoms with Gasteiger partial charge >= 0.3 is 0 Å². The van der Waals surface area contributed by atoms with Crippen LogP contribution >= 0.6 is 0 Å². The van der Waals surface area contributed by atoms with Crippen molar-refractivity contribution in [1.29, 1.82) is 0 Å². The van der Waals surface area contributed by atoms with Crippen LogP contribution in [-0.4, -0.2) is 36.9 Å². The molecule has 0 aliphatic carbocycles. The summed E-state index contributed by atoms with van der Waals surface area (Å²) in [6.07, 6.45) is 1.12. The van der Waals surface area contributed by atoms with Gasteiger partial charge in [0.2, 0.25) is 0 Å². The van der Waals surface area contributed by atoms with Gasteiger partial charge in [-0.3, -0.25) is 9.59 Å². The van der Waals surface area contributed by atoms with Crippen molar-refractivity contribution < 1.29 is 14.3 Å². The Morgan fingerprint density at radius 2 is 1.53 bits per heavy atom. The van der Waals surface area contributed by atoms with Crippen LogP contribution in [-0.2, 0) is 9.59 Å². The minimum Gasteiger partial charge on any atom is -0.496 e. The standard InChI is InChI=1S/C25H28N2O3/c1-16-13-17(2)15-26(14-16)23-22(19-10-6-8-12-21(19)30-4)24(28)27(25(23)29)20-11-7-5-9-18(20)3/h5-12,16-17H,13-15H2,1-4H3. The number of likely N-dealkylation sites (tertiary alicyclic amines) is 1. The fourth-order valence-electron chi connectivity index (χ4n) is 4.78. The molecule has 0 aromatic heterocycles. The molecular formula is C25H28N2O3. The SMILES string of the molecule is COc1ccccc1C1=C(N2CC(C)CC(C)C2)C(=O)N(c2ccccc2C)C1=O. The zero-order valence-electron chi connectivity index (χ0n) is 18.0. The Labute approximate surface area is 177 Å². The Balaban J connectivity index is 1.89. The Morgan fingerprint density at radius 1 is 0.900 bits per heavy atom. The van der Waals surface area contributed by atoms with Gasteiger partial charge in [0, 0.05) is 18.7 Å². The van der Waals surface area contributed by atoms with Crippen LogP contribution in [0.3, 0.4) is 0 Å². The summed E-state index contributed by atoms with van der Waals surface area (Å²) in [7, 11) is 1.59. The fourth-order valence-corrected chi connectivity index (χ4v) is 4.78. The Morgan fingerprint density at radius 3 is 2.20 bits per heavy atom. The van der Waals surface area contributed by atoms with Crippen LogP contribution in [0.15, 0.2) is 54.2 Å². The topological polar surface area (TPSA) is 49.9 Å². The lowest BCUT2D eigenvalue weighted by molar-refractivity contribution is -0.120. The van der Waals surface area contributed by atoms with E-state index in [-0.39, 0.29) is 11.8 Å². The van der Waals surface area contributed by atoms with Crippen LogP contribution in [0.5, 0.6) is 5.75 Å². The molecule has 4 rings (SSSR count). The van der Waals surface area contributed by atoms with E-state index in [0.29, 0.717) is 40.1 Å². The number of anilines is 1. The lowest BCUT2D eigenvalue weighted by Crippen LogP contribution is -2.42. The fraction of sp³-hybridized carbons (Fsp3) is 0.360. The van der Waals surface area contributed by atoms with Crippen molar-refractivity contribution in [3.05, 3.63) is 65.4 Å². The second kappa shape index (κ2) is 7.98. The number of amides is 2. The number of benzene rings is 2. The maximum Gasteiger partial charge on any atom is 0.282 e. The smallest absolute Gasteiger partial charge is 0.282 e. The molecule has 1 saturated heterocycles. The number of piperidine rings is 1. The van der Waals surface area contributed by atoms with Crippen LogP contribution in [0.4, 0.5) is 5.69 Å². The zero-order chi connectivity index (χ0) is 21.4. The van der Waals surface area contributed by atoms with Crippen molar-refractivity contribution in [3.8, 4) is 5.75 Å². The Bertz CT molecular complexity index is 1020. The van der Waals surface area contributed by atoms with Gasteiger partial charge in [-0.1, -0.05) is 50.2 Å². The number of ether oxygens (including phenoxy) is 1. The van der Waals surface area contributed by atoms with E-state index in [2.05, 4.69) is 18.7 Å². The summed E-state index contributed by atoms with van der Waals surface area (Å²) < 4.78 is 5.55. The average molecular weight is 405 g/mol. The minimum atomic E-state index is -0.292. The lowest BCUT2D eigenvalue weighted by Gasteiger charge is -2.37. The van der Waals surface area contributed by atoms with Crippen molar-refractivity contribution in [3.63, 3.8) is 0 Å². The van der Waals surface area contributed by atoms with Crippen LogP contribution in [0.1, 0.15) is 31.4 Å². The number of hydrogen-bond acceptors (Lipinski definition) is 4. The molecule has 156 valence electrons. The van der Waals surface area contributed by atoms with Crippen molar-refractivity contribution in [2.24, 2.45) is 11.8 Å². The Kier molecular flexibility index (Phi) is 5.37.